The van der Waals surface area contributed by atoms with Crippen molar-refractivity contribution >= 4 is 11.7 Å². The van der Waals surface area contributed by atoms with E-state index >= 15 is 0 Å². The van der Waals surface area contributed by atoms with Gasteiger partial charge in [0.05, 0.1) is 0 Å². The molecule has 0 radical (unpaired) electrons. The maximum absolute atomic E-state index is 12.5. The third-order valence-corrected chi connectivity index (χ3v) is 4.12. The number of rotatable bonds is 9. The third-order valence-electron chi connectivity index (χ3n) is 4.12. The molecule has 1 heterocycles. The van der Waals surface area contributed by atoms with Gasteiger partial charge in [0.2, 0.25) is 0 Å². The van der Waals surface area contributed by atoms with Crippen molar-refractivity contribution in [3.63, 3.8) is 0 Å². The summed E-state index contributed by atoms with van der Waals surface area (Å²) in [5.74, 6) is 0.902. The number of methoxy groups -OCH3 is 1. The lowest BCUT2D eigenvalue weighted by molar-refractivity contribution is 0.0943. The van der Waals surface area contributed by atoms with Gasteiger partial charge in [-0.25, -0.2) is 9.97 Å². The number of carbonyl (C=O) groups is 1. The average Bonchev–Trinajstić information content (AvgIpc) is 2.76. The molecule has 0 fully saturated rings. The molecule has 0 atom stereocenters. The number of benzene rings is 2. The highest BCUT2D eigenvalue weighted by molar-refractivity contribution is 5.93. The van der Waals surface area contributed by atoms with Crippen molar-refractivity contribution in [2.24, 2.45) is 0 Å². The fourth-order valence-electron chi connectivity index (χ4n) is 2.67. The summed E-state index contributed by atoms with van der Waals surface area (Å²) in [5, 5.41) is 6.17. The van der Waals surface area contributed by atoms with Crippen LogP contribution in [0.15, 0.2) is 66.7 Å². The van der Waals surface area contributed by atoms with Crippen LogP contribution in [0, 0.1) is 0 Å². The van der Waals surface area contributed by atoms with Crippen LogP contribution in [0.5, 0.6) is 0 Å². The van der Waals surface area contributed by atoms with Crippen LogP contribution in [0.4, 0.5) is 5.82 Å². The van der Waals surface area contributed by atoms with Crippen LogP contribution >= 0.6 is 0 Å². The summed E-state index contributed by atoms with van der Waals surface area (Å²) in [6.45, 7) is 1.74. The van der Waals surface area contributed by atoms with Gasteiger partial charge in [-0.05, 0) is 12.0 Å². The van der Waals surface area contributed by atoms with E-state index in [0.717, 1.165) is 17.5 Å². The summed E-state index contributed by atoms with van der Waals surface area (Å²) in [7, 11) is 1.64. The van der Waals surface area contributed by atoms with Gasteiger partial charge in [0.25, 0.3) is 5.91 Å². The Labute approximate surface area is 165 Å². The molecular weight excluding hydrogens is 352 g/mol. The van der Waals surface area contributed by atoms with Crippen LogP contribution in [-0.4, -0.2) is 36.1 Å². The van der Waals surface area contributed by atoms with Crippen molar-refractivity contribution in [2.75, 3.05) is 25.6 Å². The molecule has 0 aliphatic carbocycles. The standard InChI is InChI=1S/C22H24N4O2/c1-28-14-8-13-23-22(27)19-15-20(24-16-17-9-4-2-5-10-17)26-21(25-19)18-11-6-3-7-12-18/h2-7,9-12,15H,8,13-14,16H2,1H3,(H,23,27)(H,24,25,26). The average molecular weight is 376 g/mol. The molecule has 0 saturated heterocycles. The first-order chi connectivity index (χ1) is 13.8. The van der Waals surface area contributed by atoms with Crippen molar-refractivity contribution in [1.29, 1.82) is 0 Å². The molecule has 1 aromatic heterocycles. The second-order valence-electron chi connectivity index (χ2n) is 6.27. The Morgan fingerprint density at radius 3 is 2.43 bits per heavy atom. The number of amides is 1. The van der Waals surface area contributed by atoms with Crippen LogP contribution in [0.25, 0.3) is 11.4 Å². The Kier molecular flexibility index (Phi) is 7.09. The Morgan fingerprint density at radius 2 is 1.71 bits per heavy atom. The van der Waals surface area contributed by atoms with Crippen molar-refractivity contribution in [1.82, 2.24) is 15.3 Å². The Balaban J connectivity index is 1.80. The van der Waals surface area contributed by atoms with Crippen molar-refractivity contribution < 1.29 is 9.53 Å². The van der Waals surface area contributed by atoms with Gasteiger partial charge < -0.3 is 15.4 Å². The normalized spacial score (nSPS) is 10.5. The molecular formula is C22H24N4O2. The summed E-state index contributed by atoms with van der Waals surface area (Å²) in [4.78, 5) is 21.6. The van der Waals surface area contributed by atoms with E-state index in [4.69, 9.17) is 4.74 Å². The van der Waals surface area contributed by atoms with E-state index in [1.54, 1.807) is 13.2 Å². The minimum absolute atomic E-state index is 0.224. The van der Waals surface area contributed by atoms with Crippen molar-refractivity contribution in [3.8, 4) is 11.4 Å². The molecule has 6 nitrogen and oxygen atoms in total. The largest absolute Gasteiger partial charge is 0.385 e. The van der Waals surface area contributed by atoms with Crippen LogP contribution in [0.2, 0.25) is 0 Å². The van der Waals surface area contributed by atoms with Crippen LogP contribution in [-0.2, 0) is 11.3 Å². The fraction of sp³-hybridized carbons (Fsp3) is 0.227. The minimum atomic E-state index is -0.224. The smallest absolute Gasteiger partial charge is 0.270 e. The molecule has 0 unspecified atom stereocenters. The highest BCUT2D eigenvalue weighted by atomic mass is 16.5. The Bertz CT molecular complexity index is 886. The van der Waals surface area contributed by atoms with E-state index < -0.39 is 0 Å². The number of anilines is 1. The molecule has 6 heteroatoms. The zero-order valence-electron chi connectivity index (χ0n) is 15.9. The molecule has 3 aromatic rings. The number of hydrogen-bond acceptors (Lipinski definition) is 5. The second-order valence-corrected chi connectivity index (χ2v) is 6.27. The van der Waals surface area contributed by atoms with Gasteiger partial charge in [0.15, 0.2) is 5.82 Å². The van der Waals surface area contributed by atoms with Crippen LogP contribution in [0.3, 0.4) is 0 Å². The lowest BCUT2D eigenvalue weighted by Gasteiger charge is -2.11. The third kappa shape index (κ3) is 5.62. The van der Waals surface area contributed by atoms with E-state index in [-0.39, 0.29) is 5.91 Å². The minimum Gasteiger partial charge on any atom is -0.385 e. The molecule has 1 amide bonds. The summed E-state index contributed by atoms with van der Waals surface area (Å²) in [6.07, 6.45) is 0.748. The second kappa shape index (κ2) is 10.2. The summed E-state index contributed by atoms with van der Waals surface area (Å²) >= 11 is 0. The van der Waals surface area contributed by atoms with Gasteiger partial charge in [0.1, 0.15) is 11.5 Å². The summed E-state index contributed by atoms with van der Waals surface area (Å²) in [6, 6.07) is 21.4. The van der Waals surface area contributed by atoms with E-state index in [1.165, 1.54) is 0 Å². The highest BCUT2D eigenvalue weighted by Gasteiger charge is 2.13. The van der Waals surface area contributed by atoms with Gasteiger partial charge >= 0.3 is 0 Å². The first-order valence-electron chi connectivity index (χ1n) is 9.25. The van der Waals surface area contributed by atoms with Crippen LogP contribution in [0.1, 0.15) is 22.5 Å². The first-order valence-corrected chi connectivity index (χ1v) is 9.25. The molecule has 0 aliphatic rings. The van der Waals surface area contributed by atoms with E-state index in [0.29, 0.717) is 37.0 Å². The van der Waals surface area contributed by atoms with Gasteiger partial charge in [-0.3, -0.25) is 4.79 Å². The molecule has 2 N–H and O–H groups in total. The lowest BCUT2D eigenvalue weighted by Crippen LogP contribution is -2.26. The molecule has 0 spiro atoms. The number of nitrogens with one attached hydrogen (secondary N) is 2. The monoisotopic (exact) mass is 376 g/mol. The van der Waals surface area contributed by atoms with E-state index in [2.05, 4.69) is 20.6 Å². The quantitative estimate of drug-likeness (QED) is 0.559. The molecule has 144 valence electrons. The van der Waals surface area contributed by atoms with Gasteiger partial charge in [-0.15, -0.1) is 0 Å². The number of ether oxygens (including phenoxy) is 1. The summed E-state index contributed by atoms with van der Waals surface area (Å²) in [5.41, 5.74) is 2.33. The first kappa shape index (κ1) is 19.5. The molecule has 0 saturated carbocycles. The van der Waals surface area contributed by atoms with E-state index in [1.807, 2.05) is 60.7 Å². The molecule has 3 rings (SSSR count). The van der Waals surface area contributed by atoms with Crippen molar-refractivity contribution in [2.45, 2.75) is 13.0 Å². The zero-order valence-corrected chi connectivity index (χ0v) is 15.9. The summed E-state index contributed by atoms with van der Waals surface area (Å²) < 4.78 is 5.01. The maximum Gasteiger partial charge on any atom is 0.270 e. The topological polar surface area (TPSA) is 76.1 Å². The number of hydrogen-bond donors (Lipinski definition) is 2. The Hall–Kier alpha value is -3.25. The Morgan fingerprint density at radius 1 is 1.00 bits per heavy atom. The number of carbonyl (C=O) groups excluding carboxylic acids is 1. The number of nitrogens with zero attached hydrogens (tertiary/aromatic N) is 2. The molecule has 0 aliphatic heterocycles. The van der Waals surface area contributed by atoms with Gasteiger partial charge in [0, 0.05) is 38.4 Å². The zero-order chi connectivity index (χ0) is 19.6. The molecule has 28 heavy (non-hydrogen) atoms. The van der Waals surface area contributed by atoms with Gasteiger partial charge in [-0.2, -0.15) is 0 Å². The predicted molar refractivity (Wildman–Crippen MR) is 110 cm³/mol. The molecule has 0 bridgehead atoms. The lowest BCUT2D eigenvalue weighted by atomic mass is 10.2. The fourth-order valence-corrected chi connectivity index (χ4v) is 2.67. The van der Waals surface area contributed by atoms with Gasteiger partial charge in [-0.1, -0.05) is 60.7 Å². The predicted octanol–water partition coefficient (Wildman–Crippen LogP) is 3.52. The SMILES string of the molecule is COCCCNC(=O)c1cc(NCc2ccccc2)nc(-c2ccccc2)n1. The molecule has 2 aromatic carbocycles. The maximum atomic E-state index is 12.5. The van der Waals surface area contributed by atoms with Crippen LogP contribution < -0.4 is 10.6 Å². The van der Waals surface area contributed by atoms with Crippen molar-refractivity contribution in [3.05, 3.63) is 78.0 Å². The van der Waals surface area contributed by atoms with E-state index in [9.17, 15) is 4.79 Å². The highest BCUT2D eigenvalue weighted by Crippen LogP contribution is 2.18. The number of aromatic nitrogens is 2.